The number of aromatic nitrogens is 1. The second-order valence-corrected chi connectivity index (χ2v) is 7.01. The standard InChI is InChI=1S/C18H16N4O4S/c1-10-6-7-14-15(8-10)27-18(20-14)21-16(23)11(2)19-17(24)12-4-3-5-13(9-12)22(25)26/h3-9,11H,1-2H3,(H,19,24)(H,20,21,23). The molecule has 138 valence electrons. The molecule has 27 heavy (non-hydrogen) atoms. The summed E-state index contributed by atoms with van der Waals surface area (Å²) in [6.45, 7) is 3.50. The van der Waals surface area contributed by atoms with Crippen molar-refractivity contribution in [1.29, 1.82) is 0 Å². The van der Waals surface area contributed by atoms with E-state index in [0.29, 0.717) is 5.13 Å². The molecule has 0 radical (unpaired) electrons. The molecule has 3 rings (SSSR count). The van der Waals surface area contributed by atoms with E-state index in [1.165, 1.54) is 36.5 Å². The van der Waals surface area contributed by atoms with Crippen molar-refractivity contribution in [3.8, 4) is 0 Å². The van der Waals surface area contributed by atoms with Crippen LogP contribution in [0.4, 0.5) is 10.8 Å². The molecule has 0 spiro atoms. The number of thiazole rings is 1. The Bertz CT molecular complexity index is 1050. The van der Waals surface area contributed by atoms with Gasteiger partial charge in [-0.25, -0.2) is 4.98 Å². The van der Waals surface area contributed by atoms with Gasteiger partial charge in [0.05, 0.1) is 15.1 Å². The summed E-state index contributed by atoms with van der Waals surface area (Å²) in [5, 5.41) is 16.5. The highest BCUT2D eigenvalue weighted by molar-refractivity contribution is 7.22. The molecule has 0 aliphatic rings. The number of nitro groups is 1. The van der Waals surface area contributed by atoms with Gasteiger partial charge in [-0.1, -0.05) is 23.5 Å². The zero-order chi connectivity index (χ0) is 19.6. The third-order valence-corrected chi connectivity index (χ3v) is 4.77. The number of nitro benzene ring substituents is 1. The fraction of sp³-hybridized carbons (Fsp3) is 0.167. The van der Waals surface area contributed by atoms with Crippen LogP contribution in [0.15, 0.2) is 42.5 Å². The normalized spacial score (nSPS) is 11.8. The lowest BCUT2D eigenvalue weighted by molar-refractivity contribution is -0.384. The summed E-state index contributed by atoms with van der Waals surface area (Å²) in [5.74, 6) is -0.995. The highest BCUT2D eigenvalue weighted by Crippen LogP contribution is 2.26. The van der Waals surface area contributed by atoms with Gasteiger partial charge < -0.3 is 10.6 Å². The number of non-ortho nitro benzene ring substituents is 1. The number of nitrogens with zero attached hydrogens (tertiary/aromatic N) is 2. The van der Waals surface area contributed by atoms with Crippen LogP contribution in [0.2, 0.25) is 0 Å². The molecule has 0 saturated heterocycles. The van der Waals surface area contributed by atoms with Crippen LogP contribution in [0.25, 0.3) is 10.2 Å². The van der Waals surface area contributed by atoms with Gasteiger partial charge >= 0.3 is 0 Å². The predicted molar refractivity (Wildman–Crippen MR) is 103 cm³/mol. The fourth-order valence-corrected chi connectivity index (χ4v) is 3.37. The Morgan fingerprint density at radius 2 is 2.00 bits per heavy atom. The molecule has 2 aromatic carbocycles. The summed E-state index contributed by atoms with van der Waals surface area (Å²) < 4.78 is 0.957. The Morgan fingerprint density at radius 1 is 1.22 bits per heavy atom. The van der Waals surface area contributed by atoms with E-state index < -0.39 is 22.8 Å². The van der Waals surface area contributed by atoms with Crippen LogP contribution in [-0.2, 0) is 4.79 Å². The van der Waals surface area contributed by atoms with E-state index in [0.717, 1.165) is 21.8 Å². The number of benzene rings is 2. The Kier molecular flexibility index (Phi) is 5.13. The van der Waals surface area contributed by atoms with E-state index in [1.54, 1.807) is 0 Å². The van der Waals surface area contributed by atoms with Crippen LogP contribution in [0.5, 0.6) is 0 Å². The summed E-state index contributed by atoms with van der Waals surface area (Å²) in [5.41, 5.74) is 1.81. The van der Waals surface area contributed by atoms with Gasteiger partial charge in [0.1, 0.15) is 6.04 Å². The molecular weight excluding hydrogens is 368 g/mol. The maximum atomic E-state index is 12.3. The topological polar surface area (TPSA) is 114 Å². The van der Waals surface area contributed by atoms with Crippen molar-refractivity contribution in [2.45, 2.75) is 19.9 Å². The molecule has 0 aliphatic carbocycles. The monoisotopic (exact) mass is 384 g/mol. The molecule has 1 heterocycles. The summed E-state index contributed by atoms with van der Waals surface area (Å²) in [6.07, 6.45) is 0. The number of carbonyl (C=O) groups is 2. The summed E-state index contributed by atoms with van der Waals surface area (Å²) in [4.78, 5) is 39.1. The van der Waals surface area contributed by atoms with Gasteiger partial charge in [0.2, 0.25) is 5.91 Å². The van der Waals surface area contributed by atoms with Crippen molar-refractivity contribution in [3.05, 3.63) is 63.7 Å². The minimum atomic E-state index is -0.842. The van der Waals surface area contributed by atoms with Gasteiger partial charge in [0.15, 0.2) is 5.13 Å². The maximum Gasteiger partial charge on any atom is 0.270 e. The van der Waals surface area contributed by atoms with Gasteiger partial charge in [0.25, 0.3) is 11.6 Å². The summed E-state index contributed by atoms with van der Waals surface area (Å²) in [6, 6.07) is 10.3. The SMILES string of the molecule is Cc1ccc2nc(NC(=O)C(C)NC(=O)c3cccc([N+](=O)[O-])c3)sc2c1. The number of carbonyl (C=O) groups excluding carboxylic acids is 2. The Morgan fingerprint density at radius 3 is 2.74 bits per heavy atom. The number of hydrogen-bond donors (Lipinski definition) is 2. The molecule has 3 aromatic rings. The Balaban J connectivity index is 1.66. The summed E-state index contributed by atoms with van der Waals surface area (Å²) >= 11 is 1.35. The maximum absolute atomic E-state index is 12.3. The van der Waals surface area contributed by atoms with Crippen LogP contribution in [0.1, 0.15) is 22.8 Å². The first-order valence-electron chi connectivity index (χ1n) is 8.07. The van der Waals surface area contributed by atoms with E-state index in [-0.39, 0.29) is 11.3 Å². The lowest BCUT2D eigenvalue weighted by Gasteiger charge is -2.12. The number of amides is 2. The summed E-state index contributed by atoms with van der Waals surface area (Å²) in [7, 11) is 0. The quantitative estimate of drug-likeness (QED) is 0.518. The van der Waals surface area contributed by atoms with Crippen LogP contribution >= 0.6 is 11.3 Å². The molecule has 1 aromatic heterocycles. The van der Waals surface area contributed by atoms with Crippen LogP contribution in [0, 0.1) is 17.0 Å². The van der Waals surface area contributed by atoms with Gasteiger partial charge in [-0.15, -0.1) is 0 Å². The first-order chi connectivity index (χ1) is 12.8. The van der Waals surface area contributed by atoms with Crippen molar-refractivity contribution < 1.29 is 14.5 Å². The van der Waals surface area contributed by atoms with Crippen LogP contribution in [0.3, 0.4) is 0 Å². The first kappa shape index (κ1) is 18.5. The molecule has 2 amide bonds. The Labute approximate surface area is 158 Å². The molecule has 1 atom stereocenters. The van der Waals surface area contributed by atoms with Crippen LogP contribution < -0.4 is 10.6 Å². The average Bonchev–Trinajstić information content (AvgIpc) is 3.02. The zero-order valence-corrected chi connectivity index (χ0v) is 15.4. The first-order valence-corrected chi connectivity index (χ1v) is 8.88. The molecule has 9 heteroatoms. The third-order valence-electron chi connectivity index (χ3n) is 3.83. The second-order valence-electron chi connectivity index (χ2n) is 5.98. The van der Waals surface area contributed by atoms with E-state index in [1.807, 2.05) is 25.1 Å². The molecule has 0 bridgehead atoms. The minimum absolute atomic E-state index is 0.110. The molecule has 1 unspecified atom stereocenters. The third kappa shape index (κ3) is 4.26. The molecule has 0 saturated carbocycles. The molecule has 0 fully saturated rings. The zero-order valence-electron chi connectivity index (χ0n) is 14.6. The Hall–Kier alpha value is -3.33. The van der Waals surface area contributed by atoms with Gasteiger partial charge in [-0.3, -0.25) is 19.7 Å². The highest BCUT2D eigenvalue weighted by Gasteiger charge is 2.19. The second kappa shape index (κ2) is 7.50. The number of aryl methyl sites for hydroxylation is 1. The van der Waals surface area contributed by atoms with Gasteiger partial charge in [0, 0.05) is 17.7 Å². The van der Waals surface area contributed by atoms with Crippen molar-refractivity contribution >= 4 is 44.2 Å². The minimum Gasteiger partial charge on any atom is -0.341 e. The highest BCUT2D eigenvalue weighted by atomic mass is 32.1. The fourth-order valence-electron chi connectivity index (χ4n) is 2.41. The van der Waals surface area contributed by atoms with Crippen molar-refractivity contribution in [3.63, 3.8) is 0 Å². The van der Waals surface area contributed by atoms with E-state index in [2.05, 4.69) is 15.6 Å². The number of hydrogen-bond acceptors (Lipinski definition) is 6. The molecule has 8 nitrogen and oxygen atoms in total. The van der Waals surface area contributed by atoms with Crippen molar-refractivity contribution in [2.75, 3.05) is 5.32 Å². The molecule has 2 N–H and O–H groups in total. The smallest absolute Gasteiger partial charge is 0.270 e. The average molecular weight is 384 g/mol. The number of anilines is 1. The van der Waals surface area contributed by atoms with Crippen molar-refractivity contribution in [2.24, 2.45) is 0 Å². The lowest BCUT2D eigenvalue weighted by Crippen LogP contribution is -2.41. The van der Waals surface area contributed by atoms with Gasteiger partial charge in [-0.2, -0.15) is 0 Å². The van der Waals surface area contributed by atoms with Crippen molar-refractivity contribution in [1.82, 2.24) is 10.3 Å². The molecule has 0 aliphatic heterocycles. The van der Waals surface area contributed by atoms with E-state index >= 15 is 0 Å². The van der Waals surface area contributed by atoms with Gasteiger partial charge in [-0.05, 0) is 37.6 Å². The van der Waals surface area contributed by atoms with E-state index in [4.69, 9.17) is 0 Å². The number of fused-ring (bicyclic) bond motifs is 1. The van der Waals surface area contributed by atoms with Crippen LogP contribution in [-0.4, -0.2) is 27.8 Å². The van der Waals surface area contributed by atoms with E-state index in [9.17, 15) is 19.7 Å². The molecular formula is C18H16N4O4S. The lowest BCUT2D eigenvalue weighted by atomic mass is 10.1. The number of rotatable bonds is 5. The largest absolute Gasteiger partial charge is 0.341 e. The number of nitrogens with one attached hydrogen (secondary N) is 2. The predicted octanol–water partition coefficient (Wildman–Crippen LogP) is 3.27.